The number of amides is 1. The van der Waals surface area contributed by atoms with Crippen molar-refractivity contribution in [2.24, 2.45) is 21.7 Å². The minimum Gasteiger partial charge on any atom is -0.465 e. The molecule has 0 spiro atoms. The van der Waals surface area contributed by atoms with Gasteiger partial charge in [-0.3, -0.25) is 14.6 Å². The molecule has 156 valence electrons. The van der Waals surface area contributed by atoms with Crippen LogP contribution in [0.3, 0.4) is 0 Å². The predicted molar refractivity (Wildman–Crippen MR) is 106 cm³/mol. The average molecular weight is 403 g/mol. The monoisotopic (exact) mass is 402 g/mol. The Labute approximate surface area is 166 Å². The van der Waals surface area contributed by atoms with Crippen molar-refractivity contribution in [2.75, 3.05) is 39.1 Å². The van der Waals surface area contributed by atoms with Gasteiger partial charge in [-0.1, -0.05) is 32.9 Å². The largest absolute Gasteiger partial charge is 0.465 e. The molecule has 3 atom stereocenters. The van der Waals surface area contributed by atoms with E-state index in [1.165, 1.54) is 11.8 Å². The zero-order chi connectivity index (χ0) is 20.4. The molecule has 1 aliphatic heterocycles. The van der Waals surface area contributed by atoms with Gasteiger partial charge in [0, 0.05) is 19.5 Å². The number of rotatable bonds is 11. The van der Waals surface area contributed by atoms with Crippen molar-refractivity contribution in [1.29, 1.82) is 0 Å². The summed E-state index contributed by atoms with van der Waals surface area (Å²) >= 11 is 1.39. The molecule has 0 aromatic carbocycles. The Morgan fingerprint density at radius 1 is 1.41 bits per heavy atom. The average Bonchev–Trinajstić information content (AvgIpc) is 3.10. The summed E-state index contributed by atoms with van der Waals surface area (Å²) in [5, 5.41) is 21.5. The first-order valence-electron chi connectivity index (χ1n) is 9.42. The van der Waals surface area contributed by atoms with Crippen molar-refractivity contribution in [3.05, 3.63) is 0 Å². The molecule has 8 nitrogen and oxygen atoms in total. The third-order valence-corrected chi connectivity index (χ3v) is 5.44. The lowest BCUT2D eigenvalue weighted by atomic mass is 9.87. The Hall–Kier alpha value is -1.35. The molecule has 0 aromatic rings. The fourth-order valence-corrected chi connectivity index (χ4v) is 3.35. The summed E-state index contributed by atoms with van der Waals surface area (Å²) in [7, 11) is 0. The smallest absolute Gasteiger partial charge is 0.308 e. The van der Waals surface area contributed by atoms with Gasteiger partial charge in [0.15, 0.2) is 0 Å². The normalized spacial score (nSPS) is 19.0. The Morgan fingerprint density at radius 2 is 2.11 bits per heavy atom. The Balaban J connectivity index is 2.26. The van der Waals surface area contributed by atoms with Crippen molar-refractivity contribution in [3.63, 3.8) is 0 Å². The number of carbonyl (C=O) groups excluding carboxylic acids is 2. The highest BCUT2D eigenvalue weighted by atomic mass is 32.2. The number of carbonyl (C=O) groups is 2. The summed E-state index contributed by atoms with van der Waals surface area (Å²) in [4.78, 5) is 24.1. The van der Waals surface area contributed by atoms with Crippen LogP contribution in [0.1, 0.15) is 40.5 Å². The molecular weight excluding hydrogens is 368 g/mol. The second kappa shape index (κ2) is 11.5. The molecule has 0 aromatic heterocycles. The van der Waals surface area contributed by atoms with Crippen LogP contribution in [0.15, 0.2) is 10.3 Å². The summed E-state index contributed by atoms with van der Waals surface area (Å²) in [6, 6.07) is 0.195. The van der Waals surface area contributed by atoms with E-state index in [-0.39, 0.29) is 47.7 Å². The van der Waals surface area contributed by atoms with Crippen LogP contribution in [-0.4, -0.2) is 72.4 Å². The maximum absolute atomic E-state index is 12.2. The number of aliphatic hydroxyl groups excluding tert-OH is 1. The lowest BCUT2D eigenvalue weighted by molar-refractivity contribution is -0.148. The Kier molecular flexibility index (Phi) is 10.1. The van der Waals surface area contributed by atoms with Crippen molar-refractivity contribution >= 4 is 23.6 Å². The third-order valence-electron chi connectivity index (χ3n) is 4.46. The molecule has 1 amide bonds. The van der Waals surface area contributed by atoms with Gasteiger partial charge in [-0.05, 0) is 18.1 Å². The first-order chi connectivity index (χ1) is 12.7. The van der Waals surface area contributed by atoms with E-state index >= 15 is 0 Å². The van der Waals surface area contributed by atoms with E-state index in [0.29, 0.717) is 26.0 Å². The van der Waals surface area contributed by atoms with Crippen LogP contribution < -0.4 is 5.32 Å². The van der Waals surface area contributed by atoms with Crippen LogP contribution in [0.2, 0.25) is 0 Å². The first-order valence-corrected chi connectivity index (χ1v) is 10.7. The molecule has 0 saturated carbocycles. The molecule has 1 rings (SSSR count). The molecular formula is C18H34N4O4S. The van der Waals surface area contributed by atoms with E-state index in [2.05, 4.69) is 36.4 Å². The summed E-state index contributed by atoms with van der Waals surface area (Å²) in [6.45, 7) is 10.2. The zero-order valence-electron chi connectivity index (χ0n) is 17.1. The van der Waals surface area contributed by atoms with E-state index in [1.807, 2.05) is 11.3 Å². The van der Waals surface area contributed by atoms with Gasteiger partial charge in [-0.25, -0.2) is 0 Å². The second-order valence-electron chi connectivity index (χ2n) is 7.90. The third kappa shape index (κ3) is 8.47. The summed E-state index contributed by atoms with van der Waals surface area (Å²) < 4.78 is 5.35. The maximum atomic E-state index is 12.2. The SMILES string of the molecule is CSC(CC(C)C(=O)OCCCN1CC(C(C)(C)C)N=N1)C(=O)NCCO. The lowest BCUT2D eigenvalue weighted by Gasteiger charge is -2.23. The number of nitrogens with one attached hydrogen (secondary N) is 1. The van der Waals surface area contributed by atoms with Gasteiger partial charge in [0.2, 0.25) is 5.91 Å². The molecule has 9 heteroatoms. The number of ether oxygens (including phenoxy) is 1. The van der Waals surface area contributed by atoms with Crippen molar-refractivity contribution in [1.82, 2.24) is 10.3 Å². The maximum Gasteiger partial charge on any atom is 0.308 e. The van der Waals surface area contributed by atoms with Crippen LogP contribution in [0.5, 0.6) is 0 Å². The number of aliphatic hydroxyl groups is 1. The highest BCUT2D eigenvalue weighted by Gasteiger charge is 2.30. The van der Waals surface area contributed by atoms with Crippen LogP contribution in [0, 0.1) is 11.3 Å². The molecule has 0 radical (unpaired) electrons. The van der Waals surface area contributed by atoms with Crippen LogP contribution in [0.4, 0.5) is 0 Å². The van der Waals surface area contributed by atoms with Gasteiger partial charge in [0.05, 0.1) is 37.0 Å². The van der Waals surface area contributed by atoms with Gasteiger partial charge < -0.3 is 15.2 Å². The summed E-state index contributed by atoms with van der Waals surface area (Å²) in [5.41, 5.74) is 0.0947. The topological polar surface area (TPSA) is 104 Å². The summed E-state index contributed by atoms with van der Waals surface area (Å²) in [6.07, 6.45) is 2.93. The number of thioether (sulfide) groups is 1. The van der Waals surface area contributed by atoms with Gasteiger partial charge in [-0.15, -0.1) is 0 Å². The Morgan fingerprint density at radius 3 is 2.67 bits per heavy atom. The summed E-state index contributed by atoms with van der Waals surface area (Å²) in [5.74, 6) is -0.817. The molecule has 0 aliphatic carbocycles. The number of hydrogen-bond acceptors (Lipinski definition) is 8. The van der Waals surface area contributed by atoms with Crippen LogP contribution in [-0.2, 0) is 14.3 Å². The van der Waals surface area contributed by atoms with E-state index < -0.39 is 0 Å². The highest BCUT2D eigenvalue weighted by molar-refractivity contribution is 7.99. The van der Waals surface area contributed by atoms with Gasteiger partial charge in [0.1, 0.15) is 0 Å². The molecule has 2 N–H and O–H groups in total. The number of nitrogens with zero attached hydrogens (tertiary/aromatic N) is 3. The van der Waals surface area contributed by atoms with E-state index in [9.17, 15) is 9.59 Å². The Bertz CT molecular complexity index is 510. The van der Waals surface area contributed by atoms with Crippen molar-refractivity contribution in [2.45, 2.75) is 51.8 Å². The quantitative estimate of drug-likeness (QED) is 0.404. The fourth-order valence-electron chi connectivity index (χ4n) is 2.57. The molecule has 0 fully saturated rings. The van der Waals surface area contributed by atoms with E-state index in [4.69, 9.17) is 9.84 Å². The molecule has 1 aliphatic rings. The van der Waals surface area contributed by atoms with Gasteiger partial charge in [-0.2, -0.15) is 16.9 Å². The molecule has 3 unspecified atom stereocenters. The standard InChI is InChI=1S/C18H34N4O4S/c1-13(11-14(27-5)16(24)19-7-9-23)17(25)26-10-6-8-22-12-15(20-21-22)18(2,3)4/h13-15,23H,6-12H2,1-5H3,(H,19,24). The number of esters is 1. The van der Waals surface area contributed by atoms with E-state index in [1.54, 1.807) is 6.92 Å². The minimum atomic E-state index is -0.362. The highest BCUT2D eigenvalue weighted by Crippen LogP contribution is 2.27. The second-order valence-corrected chi connectivity index (χ2v) is 8.94. The predicted octanol–water partition coefficient (Wildman–Crippen LogP) is 1.88. The minimum absolute atomic E-state index is 0.0947. The lowest BCUT2D eigenvalue weighted by Crippen LogP contribution is -2.36. The first kappa shape index (κ1) is 23.7. The van der Waals surface area contributed by atoms with Crippen molar-refractivity contribution in [3.8, 4) is 0 Å². The fraction of sp³-hybridized carbons (Fsp3) is 0.889. The molecule has 27 heavy (non-hydrogen) atoms. The van der Waals surface area contributed by atoms with E-state index in [0.717, 1.165) is 6.54 Å². The number of hydrogen-bond donors (Lipinski definition) is 2. The molecule has 0 bridgehead atoms. The van der Waals surface area contributed by atoms with Crippen LogP contribution in [0.25, 0.3) is 0 Å². The van der Waals surface area contributed by atoms with Gasteiger partial charge >= 0.3 is 5.97 Å². The molecule has 0 saturated heterocycles. The van der Waals surface area contributed by atoms with Crippen molar-refractivity contribution < 1.29 is 19.4 Å². The zero-order valence-corrected chi connectivity index (χ0v) is 17.9. The van der Waals surface area contributed by atoms with Gasteiger partial charge in [0.25, 0.3) is 0 Å². The molecule has 1 heterocycles. The van der Waals surface area contributed by atoms with Crippen LogP contribution >= 0.6 is 11.8 Å².